The van der Waals surface area contributed by atoms with Crippen LogP contribution in [0.1, 0.15) is 27.7 Å². The SMILES string of the molecule is CC1=C(C)C(C)=C(C)SC1. The van der Waals surface area contributed by atoms with Crippen molar-refractivity contribution in [2.45, 2.75) is 27.7 Å². The van der Waals surface area contributed by atoms with Crippen LogP contribution in [0.5, 0.6) is 0 Å². The third kappa shape index (κ3) is 1.29. The van der Waals surface area contributed by atoms with E-state index < -0.39 is 0 Å². The maximum absolute atomic E-state index is 2.22. The van der Waals surface area contributed by atoms with E-state index in [1.165, 1.54) is 27.4 Å². The van der Waals surface area contributed by atoms with Gasteiger partial charge in [-0.2, -0.15) is 0 Å². The number of thioether (sulfide) groups is 1. The van der Waals surface area contributed by atoms with Crippen molar-refractivity contribution in [2.24, 2.45) is 0 Å². The lowest BCUT2D eigenvalue weighted by molar-refractivity contribution is 1.20. The molecule has 0 aromatic carbocycles. The van der Waals surface area contributed by atoms with Gasteiger partial charge in [-0.1, -0.05) is 5.57 Å². The molecule has 0 aromatic rings. The second-order valence-electron chi connectivity index (χ2n) is 2.88. The lowest BCUT2D eigenvalue weighted by Gasteiger charge is -2.17. The Bertz CT molecular complexity index is 185. The van der Waals surface area contributed by atoms with E-state index in [9.17, 15) is 0 Å². The minimum Gasteiger partial charge on any atom is -0.126 e. The lowest BCUT2D eigenvalue weighted by Crippen LogP contribution is -1.97. The van der Waals surface area contributed by atoms with Gasteiger partial charge >= 0.3 is 0 Å². The van der Waals surface area contributed by atoms with Gasteiger partial charge in [0, 0.05) is 5.75 Å². The quantitative estimate of drug-likeness (QED) is 0.515. The van der Waals surface area contributed by atoms with Gasteiger partial charge in [0.25, 0.3) is 0 Å². The van der Waals surface area contributed by atoms with E-state index in [4.69, 9.17) is 0 Å². The molecule has 0 amide bonds. The summed E-state index contributed by atoms with van der Waals surface area (Å²) >= 11 is 1.96. The van der Waals surface area contributed by atoms with E-state index in [1.54, 1.807) is 0 Å². The van der Waals surface area contributed by atoms with Crippen LogP contribution in [0.2, 0.25) is 0 Å². The smallest absolute Gasteiger partial charge is 0.0190 e. The Balaban J connectivity index is 3.01. The molecule has 0 spiro atoms. The molecule has 0 unspecified atom stereocenters. The Morgan fingerprint density at radius 2 is 1.60 bits per heavy atom. The fourth-order valence-electron chi connectivity index (χ4n) is 1.02. The van der Waals surface area contributed by atoms with Gasteiger partial charge in [-0.3, -0.25) is 0 Å². The van der Waals surface area contributed by atoms with Crippen LogP contribution >= 0.6 is 11.8 Å². The van der Waals surface area contributed by atoms with Crippen molar-refractivity contribution in [3.8, 4) is 0 Å². The van der Waals surface area contributed by atoms with Crippen molar-refractivity contribution in [1.82, 2.24) is 0 Å². The molecule has 0 bridgehead atoms. The highest BCUT2D eigenvalue weighted by atomic mass is 32.2. The van der Waals surface area contributed by atoms with Crippen molar-refractivity contribution in [1.29, 1.82) is 0 Å². The summed E-state index contributed by atoms with van der Waals surface area (Å²) in [5.41, 5.74) is 4.51. The second kappa shape index (κ2) is 2.83. The van der Waals surface area contributed by atoms with E-state index in [-0.39, 0.29) is 0 Å². The molecule has 0 saturated heterocycles. The maximum atomic E-state index is 2.22. The van der Waals surface area contributed by atoms with Gasteiger partial charge in [0.15, 0.2) is 0 Å². The second-order valence-corrected chi connectivity index (χ2v) is 4.06. The van der Waals surface area contributed by atoms with Crippen molar-refractivity contribution in [3.05, 3.63) is 21.6 Å². The number of hydrogen-bond acceptors (Lipinski definition) is 1. The van der Waals surface area contributed by atoms with Crippen molar-refractivity contribution < 1.29 is 0 Å². The zero-order valence-corrected chi connectivity index (χ0v) is 7.93. The summed E-state index contributed by atoms with van der Waals surface area (Å²) in [5.74, 6) is 1.19. The highest BCUT2D eigenvalue weighted by molar-refractivity contribution is 8.03. The van der Waals surface area contributed by atoms with Crippen LogP contribution in [0.15, 0.2) is 21.6 Å². The Morgan fingerprint density at radius 3 is 2.10 bits per heavy atom. The van der Waals surface area contributed by atoms with Crippen LogP contribution in [0.3, 0.4) is 0 Å². The van der Waals surface area contributed by atoms with Crippen molar-refractivity contribution in [2.75, 3.05) is 5.75 Å². The molecule has 0 N–H and O–H groups in total. The van der Waals surface area contributed by atoms with E-state index in [0.29, 0.717) is 0 Å². The third-order valence-electron chi connectivity index (χ3n) is 2.24. The fraction of sp³-hybridized carbons (Fsp3) is 0.556. The molecule has 0 aromatic heterocycles. The predicted octanol–water partition coefficient (Wildman–Crippen LogP) is 3.36. The molecule has 1 aliphatic rings. The summed E-state index contributed by atoms with van der Waals surface area (Å²) in [6.45, 7) is 8.85. The molecule has 56 valence electrons. The Labute approximate surface area is 67.4 Å². The first-order chi connectivity index (χ1) is 4.63. The molecular weight excluding hydrogens is 140 g/mol. The zero-order valence-electron chi connectivity index (χ0n) is 7.12. The minimum atomic E-state index is 1.19. The summed E-state index contributed by atoms with van der Waals surface area (Å²) in [7, 11) is 0. The van der Waals surface area contributed by atoms with Crippen molar-refractivity contribution in [3.63, 3.8) is 0 Å². The molecule has 1 heteroatoms. The molecule has 1 rings (SSSR count). The maximum Gasteiger partial charge on any atom is 0.0190 e. The van der Waals surface area contributed by atoms with Gasteiger partial charge in [0.05, 0.1) is 0 Å². The van der Waals surface area contributed by atoms with Gasteiger partial charge in [0.1, 0.15) is 0 Å². The highest BCUT2D eigenvalue weighted by Crippen LogP contribution is 2.32. The summed E-state index contributed by atoms with van der Waals surface area (Å²) in [6.07, 6.45) is 0. The zero-order chi connectivity index (χ0) is 7.72. The largest absolute Gasteiger partial charge is 0.126 e. The number of allylic oxidation sites excluding steroid dienone is 3. The molecule has 0 atom stereocenters. The topological polar surface area (TPSA) is 0 Å². The van der Waals surface area contributed by atoms with Crippen LogP contribution in [0.4, 0.5) is 0 Å². The normalized spacial score (nSPS) is 20.4. The first-order valence-electron chi connectivity index (χ1n) is 3.60. The number of hydrogen-bond donors (Lipinski definition) is 0. The first kappa shape index (κ1) is 7.93. The van der Waals surface area contributed by atoms with Gasteiger partial charge in [0.2, 0.25) is 0 Å². The van der Waals surface area contributed by atoms with Crippen LogP contribution in [-0.4, -0.2) is 5.75 Å². The Hall–Kier alpha value is -0.170. The fourth-order valence-corrected chi connectivity index (χ4v) is 2.04. The summed E-state index contributed by atoms with van der Waals surface area (Å²) in [4.78, 5) is 1.49. The van der Waals surface area contributed by atoms with Gasteiger partial charge in [-0.15, -0.1) is 11.8 Å². The predicted molar refractivity (Wildman–Crippen MR) is 49.2 cm³/mol. The highest BCUT2D eigenvalue weighted by Gasteiger charge is 2.09. The van der Waals surface area contributed by atoms with Gasteiger partial charge in [-0.05, 0) is 43.7 Å². The van der Waals surface area contributed by atoms with Gasteiger partial charge < -0.3 is 0 Å². The summed E-state index contributed by atoms with van der Waals surface area (Å²) in [6, 6.07) is 0. The van der Waals surface area contributed by atoms with Crippen LogP contribution in [0, 0.1) is 0 Å². The van der Waals surface area contributed by atoms with E-state index >= 15 is 0 Å². The summed E-state index contributed by atoms with van der Waals surface area (Å²) in [5, 5.41) is 0. The lowest BCUT2D eigenvalue weighted by atomic mass is 10.0. The minimum absolute atomic E-state index is 1.19. The first-order valence-corrected chi connectivity index (χ1v) is 4.58. The average molecular weight is 154 g/mol. The molecule has 0 nitrogen and oxygen atoms in total. The monoisotopic (exact) mass is 154 g/mol. The molecule has 0 radical (unpaired) electrons. The molecule has 1 aliphatic heterocycles. The van der Waals surface area contributed by atoms with Crippen LogP contribution in [0.25, 0.3) is 0 Å². The van der Waals surface area contributed by atoms with E-state index in [1.807, 2.05) is 11.8 Å². The third-order valence-corrected chi connectivity index (χ3v) is 3.55. The van der Waals surface area contributed by atoms with Gasteiger partial charge in [-0.25, -0.2) is 0 Å². The average Bonchev–Trinajstić information content (AvgIpc) is 1.93. The Morgan fingerprint density at radius 1 is 1.00 bits per heavy atom. The van der Waals surface area contributed by atoms with Crippen LogP contribution in [-0.2, 0) is 0 Å². The molecule has 1 heterocycles. The van der Waals surface area contributed by atoms with E-state index in [0.717, 1.165) is 0 Å². The molecule has 0 aliphatic carbocycles. The molecule has 10 heavy (non-hydrogen) atoms. The standard InChI is InChI=1S/C9H14S/c1-6-5-10-9(4)8(3)7(6)2/h5H2,1-4H3. The molecule has 0 fully saturated rings. The molecular formula is C9H14S. The van der Waals surface area contributed by atoms with E-state index in [2.05, 4.69) is 27.7 Å². The Kier molecular flexibility index (Phi) is 2.24. The molecule has 0 saturated carbocycles. The van der Waals surface area contributed by atoms with Crippen LogP contribution < -0.4 is 0 Å². The van der Waals surface area contributed by atoms with Crippen molar-refractivity contribution >= 4 is 11.8 Å². The summed E-state index contributed by atoms with van der Waals surface area (Å²) < 4.78 is 0. The number of rotatable bonds is 0.